The van der Waals surface area contributed by atoms with E-state index in [1.54, 1.807) is 0 Å². The average Bonchev–Trinajstić information content (AvgIpc) is 2.00. The van der Waals surface area contributed by atoms with E-state index in [2.05, 4.69) is 0 Å². The highest BCUT2D eigenvalue weighted by molar-refractivity contribution is 6.30. The lowest BCUT2D eigenvalue weighted by molar-refractivity contribution is -0.138. The van der Waals surface area contributed by atoms with Crippen molar-refractivity contribution in [2.75, 3.05) is 0 Å². The first-order chi connectivity index (χ1) is 6.20. The van der Waals surface area contributed by atoms with Gasteiger partial charge < -0.3 is 25.3 Å². The van der Waals surface area contributed by atoms with Gasteiger partial charge in [-0.05, 0) is 0 Å². The molecule has 0 aliphatic carbocycles. The summed E-state index contributed by atoms with van der Waals surface area (Å²) in [6.45, 7) is 0. The van der Waals surface area contributed by atoms with E-state index in [4.69, 9.17) is 25.3 Å². The van der Waals surface area contributed by atoms with E-state index in [0.29, 0.717) is 0 Å². The predicted molar refractivity (Wildman–Crippen MR) is 36.9 cm³/mol. The molecule has 0 radical (unpaired) electrons. The third-order valence-corrected chi connectivity index (χ3v) is 0.568. The molecule has 0 amide bonds. The molecule has 80 valence electrons. The summed E-state index contributed by atoms with van der Waals surface area (Å²) in [5, 5.41) is 36.8. The van der Waals surface area contributed by atoms with Crippen molar-refractivity contribution in [3.63, 3.8) is 0 Å². The first kappa shape index (κ1) is 15.0. The minimum Gasteiger partial charge on any atom is -0.476 e. The van der Waals surface area contributed by atoms with Crippen LogP contribution in [-0.4, -0.2) is 44.5 Å². The molecule has 0 heterocycles. The summed E-state index contributed by atoms with van der Waals surface area (Å²) in [6.07, 6.45) is 0. The van der Waals surface area contributed by atoms with Gasteiger partial charge in [-0.3, -0.25) is 0 Å². The fraction of sp³-hybridized carbons (Fsp3) is 0. The number of carboxylic acids is 2. The summed E-state index contributed by atoms with van der Waals surface area (Å²) < 4.78 is 23.4. The molecule has 0 aromatic heterocycles. The maximum absolute atomic E-state index is 11.7. The Morgan fingerprint density at radius 3 is 1.07 bits per heavy atom. The van der Waals surface area contributed by atoms with E-state index in [1.807, 2.05) is 0 Å². The van der Waals surface area contributed by atoms with Gasteiger partial charge in [0, 0.05) is 0 Å². The van der Waals surface area contributed by atoms with Crippen LogP contribution in [0.25, 0.3) is 0 Å². The molecule has 0 bridgehead atoms. The van der Waals surface area contributed by atoms with E-state index < -0.39 is 30.9 Å². The number of aliphatic carboxylic acids is 2. The summed E-state index contributed by atoms with van der Waals surface area (Å²) in [7, 11) is -2.17. The Labute approximate surface area is 75.7 Å². The number of carbonyl (C=O) groups is 2. The van der Waals surface area contributed by atoms with E-state index in [-0.39, 0.29) is 0 Å². The number of carboxylic acid groups (broad SMARTS) is 2. The molecule has 0 atom stereocenters. The second-order valence-electron chi connectivity index (χ2n) is 1.58. The van der Waals surface area contributed by atoms with Crippen LogP contribution in [0, 0.1) is 0 Å². The Bertz CT molecular complexity index is 225. The summed E-state index contributed by atoms with van der Waals surface area (Å²) in [5.74, 6) is -9.07. The second-order valence-corrected chi connectivity index (χ2v) is 1.58. The molecular formula is C4H5BF2O7. The molecule has 0 fully saturated rings. The third kappa shape index (κ3) is 8.58. The topological polar surface area (TPSA) is 135 Å². The van der Waals surface area contributed by atoms with Crippen LogP contribution in [0.1, 0.15) is 0 Å². The highest BCUT2D eigenvalue weighted by atomic mass is 19.2. The lowest BCUT2D eigenvalue weighted by Crippen LogP contribution is -2.07. The quantitative estimate of drug-likeness (QED) is 0.271. The minimum atomic E-state index is -2.30. The van der Waals surface area contributed by atoms with Crippen LogP contribution in [-0.2, 0) is 9.59 Å². The maximum Gasteiger partial charge on any atom is 0.631 e. The Kier molecular flexibility index (Phi) is 7.43. The van der Waals surface area contributed by atoms with E-state index in [0.717, 1.165) is 0 Å². The van der Waals surface area contributed by atoms with E-state index in [1.165, 1.54) is 0 Å². The van der Waals surface area contributed by atoms with E-state index in [9.17, 15) is 18.4 Å². The van der Waals surface area contributed by atoms with Crippen LogP contribution in [0.3, 0.4) is 0 Å². The Hall–Kier alpha value is -1.52. The normalized spacial score (nSPS) is 10.6. The second kappa shape index (κ2) is 6.94. The van der Waals surface area contributed by atoms with Crippen molar-refractivity contribution >= 4 is 19.3 Å². The van der Waals surface area contributed by atoms with Gasteiger partial charge in [-0.1, -0.05) is 0 Å². The van der Waals surface area contributed by atoms with Gasteiger partial charge in [-0.15, -0.1) is 0 Å². The van der Waals surface area contributed by atoms with Crippen molar-refractivity contribution in [3.05, 3.63) is 11.7 Å². The largest absolute Gasteiger partial charge is 0.631 e. The molecule has 0 unspecified atom stereocenters. The van der Waals surface area contributed by atoms with Gasteiger partial charge in [-0.25, -0.2) is 9.59 Å². The Morgan fingerprint density at radius 2 is 1.00 bits per heavy atom. The fourth-order valence-corrected chi connectivity index (χ4v) is 0.188. The molecule has 14 heavy (non-hydrogen) atoms. The van der Waals surface area contributed by atoms with Crippen LogP contribution in [0.5, 0.6) is 0 Å². The standard InChI is InChI=1S/C4H2F2O4.BH3O3/c5-1(3(7)8)2(6)4(9)10;2-1(3)4/h(H,7,8)(H,9,10);2-4H/b2-1+;. The van der Waals surface area contributed by atoms with Crippen molar-refractivity contribution < 1.29 is 43.7 Å². The van der Waals surface area contributed by atoms with Crippen molar-refractivity contribution in [3.8, 4) is 0 Å². The molecule has 0 saturated carbocycles. The predicted octanol–water partition coefficient (Wildman–Crippen LogP) is -1.75. The van der Waals surface area contributed by atoms with Crippen molar-refractivity contribution in [2.24, 2.45) is 0 Å². The molecular weight excluding hydrogens is 209 g/mol. The van der Waals surface area contributed by atoms with Crippen LogP contribution >= 0.6 is 0 Å². The van der Waals surface area contributed by atoms with Gasteiger partial charge in [0.2, 0.25) is 0 Å². The Morgan fingerprint density at radius 1 is 0.857 bits per heavy atom. The monoisotopic (exact) mass is 214 g/mol. The van der Waals surface area contributed by atoms with Crippen LogP contribution in [0.15, 0.2) is 11.7 Å². The van der Waals surface area contributed by atoms with Crippen molar-refractivity contribution in [1.29, 1.82) is 0 Å². The molecule has 0 aromatic carbocycles. The molecule has 0 aromatic rings. The Balaban J connectivity index is 0. The van der Waals surface area contributed by atoms with Gasteiger partial charge in [-0.2, -0.15) is 8.78 Å². The summed E-state index contributed by atoms with van der Waals surface area (Å²) >= 11 is 0. The van der Waals surface area contributed by atoms with Gasteiger partial charge in [0.05, 0.1) is 0 Å². The third-order valence-electron chi connectivity index (χ3n) is 0.568. The molecule has 0 aliphatic rings. The zero-order valence-corrected chi connectivity index (χ0v) is 6.39. The van der Waals surface area contributed by atoms with Gasteiger partial charge >= 0.3 is 19.3 Å². The first-order valence-electron chi connectivity index (χ1n) is 2.76. The highest BCUT2D eigenvalue weighted by Crippen LogP contribution is 2.07. The van der Waals surface area contributed by atoms with Crippen molar-refractivity contribution in [1.82, 2.24) is 0 Å². The molecule has 0 spiro atoms. The van der Waals surface area contributed by atoms with Crippen LogP contribution < -0.4 is 0 Å². The number of halogens is 2. The molecule has 0 aliphatic heterocycles. The number of hydrogen-bond acceptors (Lipinski definition) is 5. The lowest BCUT2D eigenvalue weighted by Gasteiger charge is -1.87. The van der Waals surface area contributed by atoms with Gasteiger partial charge in [0.15, 0.2) is 0 Å². The molecule has 5 N–H and O–H groups in total. The highest BCUT2D eigenvalue weighted by Gasteiger charge is 2.19. The smallest absolute Gasteiger partial charge is 0.476 e. The fourth-order valence-electron chi connectivity index (χ4n) is 0.188. The summed E-state index contributed by atoms with van der Waals surface area (Å²) in [4.78, 5) is 19.0. The zero-order chi connectivity index (χ0) is 11.9. The number of rotatable bonds is 2. The molecule has 7 nitrogen and oxygen atoms in total. The minimum absolute atomic E-state index is 2.17. The maximum atomic E-state index is 11.7. The van der Waals surface area contributed by atoms with Crippen LogP contribution in [0.2, 0.25) is 0 Å². The average molecular weight is 214 g/mol. The SMILES string of the molecule is O=C(O)/C(F)=C(\F)C(=O)O.OB(O)O. The zero-order valence-electron chi connectivity index (χ0n) is 6.39. The van der Waals surface area contributed by atoms with Gasteiger partial charge in [0.1, 0.15) is 0 Å². The number of hydrogen-bond donors (Lipinski definition) is 5. The molecule has 0 rings (SSSR count). The summed E-state index contributed by atoms with van der Waals surface area (Å²) in [6, 6.07) is 0. The first-order valence-corrected chi connectivity index (χ1v) is 2.76. The molecule has 10 heteroatoms. The van der Waals surface area contributed by atoms with Gasteiger partial charge in [0.25, 0.3) is 11.7 Å². The molecule has 0 saturated heterocycles. The summed E-state index contributed by atoms with van der Waals surface area (Å²) in [5.41, 5.74) is 0. The lowest BCUT2D eigenvalue weighted by atomic mass is 10.3. The van der Waals surface area contributed by atoms with Crippen molar-refractivity contribution in [2.45, 2.75) is 0 Å². The van der Waals surface area contributed by atoms with E-state index >= 15 is 0 Å². The van der Waals surface area contributed by atoms with Crippen LogP contribution in [0.4, 0.5) is 8.78 Å².